The number of amides is 1. The highest BCUT2D eigenvalue weighted by Gasteiger charge is 2.12. The highest BCUT2D eigenvalue weighted by Crippen LogP contribution is 2.27. The fourth-order valence-electron chi connectivity index (χ4n) is 1.53. The van der Waals surface area contributed by atoms with E-state index in [2.05, 4.69) is 15.3 Å². The number of rotatable bonds is 5. The fraction of sp³-hybridized carbons (Fsp3) is 0.154. The van der Waals surface area contributed by atoms with Gasteiger partial charge in [-0.15, -0.1) is 0 Å². The SMILES string of the molecule is Cc1ccnc(SCC(=O)Nc2cc([N+](=O)[O-])ccc2Cl)n1. The Morgan fingerprint density at radius 1 is 1.45 bits per heavy atom. The third-order valence-electron chi connectivity index (χ3n) is 2.54. The van der Waals surface area contributed by atoms with Crippen LogP contribution in [0.1, 0.15) is 5.69 Å². The number of nitro groups is 1. The van der Waals surface area contributed by atoms with E-state index in [1.807, 2.05) is 6.92 Å². The van der Waals surface area contributed by atoms with E-state index in [0.717, 1.165) is 5.69 Å². The van der Waals surface area contributed by atoms with Crippen LogP contribution in [0.15, 0.2) is 35.6 Å². The lowest BCUT2D eigenvalue weighted by atomic mass is 10.3. The molecule has 2 aromatic rings. The second-order valence-electron chi connectivity index (χ2n) is 4.24. The van der Waals surface area contributed by atoms with Crippen molar-refractivity contribution in [3.05, 3.63) is 51.3 Å². The molecule has 0 spiro atoms. The summed E-state index contributed by atoms with van der Waals surface area (Å²) in [4.78, 5) is 30.2. The molecule has 0 radical (unpaired) electrons. The Kier molecular flexibility index (Phi) is 5.29. The van der Waals surface area contributed by atoms with E-state index in [4.69, 9.17) is 11.6 Å². The van der Waals surface area contributed by atoms with Crippen molar-refractivity contribution in [2.45, 2.75) is 12.1 Å². The molecule has 1 aromatic carbocycles. The monoisotopic (exact) mass is 338 g/mol. The first-order valence-electron chi connectivity index (χ1n) is 6.12. The number of halogens is 1. The van der Waals surface area contributed by atoms with Gasteiger partial charge in [-0.05, 0) is 19.1 Å². The molecule has 0 aliphatic carbocycles. The molecule has 7 nitrogen and oxygen atoms in total. The van der Waals surface area contributed by atoms with Gasteiger partial charge < -0.3 is 5.32 Å². The van der Waals surface area contributed by atoms with Gasteiger partial charge in [0.15, 0.2) is 5.16 Å². The van der Waals surface area contributed by atoms with Crippen LogP contribution in [-0.4, -0.2) is 26.6 Å². The van der Waals surface area contributed by atoms with E-state index in [-0.39, 0.29) is 28.1 Å². The zero-order valence-corrected chi connectivity index (χ0v) is 13.0. The molecule has 2 rings (SSSR count). The maximum atomic E-state index is 11.9. The Balaban J connectivity index is 2.00. The lowest BCUT2D eigenvalue weighted by Gasteiger charge is -2.06. The molecule has 1 amide bonds. The summed E-state index contributed by atoms with van der Waals surface area (Å²) in [5, 5.41) is 14.0. The fourth-order valence-corrected chi connectivity index (χ4v) is 2.38. The Morgan fingerprint density at radius 3 is 2.91 bits per heavy atom. The molecule has 22 heavy (non-hydrogen) atoms. The standard InChI is InChI=1S/C13H11ClN4O3S/c1-8-4-5-15-13(16-8)22-7-12(19)17-11-6-9(18(20)21)2-3-10(11)14/h2-6H,7H2,1H3,(H,17,19). The number of thioether (sulfide) groups is 1. The number of hydrogen-bond donors (Lipinski definition) is 1. The number of nitrogens with zero attached hydrogens (tertiary/aromatic N) is 3. The van der Waals surface area contributed by atoms with Crippen LogP contribution < -0.4 is 5.32 Å². The van der Waals surface area contributed by atoms with Crippen molar-refractivity contribution in [3.8, 4) is 0 Å². The number of non-ortho nitro benzene ring substituents is 1. The molecular formula is C13H11ClN4O3S. The van der Waals surface area contributed by atoms with Crippen molar-refractivity contribution < 1.29 is 9.72 Å². The van der Waals surface area contributed by atoms with Crippen LogP contribution in [0.25, 0.3) is 0 Å². The average Bonchev–Trinajstić information content (AvgIpc) is 2.47. The maximum absolute atomic E-state index is 11.9. The number of carbonyl (C=O) groups excluding carboxylic acids is 1. The Bertz CT molecular complexity index is 726. The lowest BCUT2D eigenvalue weighted by molar-refractivity contribution is -0.384. The second kappa shape index (κ2) is 7.19. The Labute approximate surface area is 135 Å². The second-order valence-corrected chi connectivity index (χ2v) is 5.59. The van der Waals surface area contributed by atoms with Gasteiger partial charge >= 0.3 is 0 Å². The first-order valence-corrected chi connectivity index (χ1v) is 7.48. The van der Waals surface area contributed by atoms with Gasteiger partial charge in [0.05, 0.1) is 21.4 Å². The van der Waals surface area contributed by atoms with E-state index in [1.54, 1.807) is 12.3 Å². The van der Waals surface area contributed by atoms with Crippen molar-refractivity contribution >= 4 is 40.6 Å². The third kappa shape index (κ3) is 4.40. The van der Waals surface area contributed by atoms with Gasteiger partial charge in [0.1, 0.15) is 0 Å². The summed E-state index contributed by atoms with van der Waals surface area (Å²) in [5.41, 5.74) is 0.862. The summed E-state index contributed by atoms with van der Waals surface area (Å²) in [6.45, 7) is 1.83. The zero-order valence-electron chi connectivity index (χ0n) is 11.4. The third-order valence-corrected chi connectivity index (χ3v) is 3.73. The summed E-state index contributed by atoms with van der Waals surface area (Å²) >= 11 is 7.08. The van der Waals surface area contributed by atoms with E-state index >= 15 is 0 Å². The number of hydrogen-bond acceptors (Lipinski definition) is 6. The zero-order chi connectivity index (χ0) is 16.1. The number of anilines is 1. The minimum Gasteiger partial charge on any atom is -0.324 e. The van der Waals surface area contributed by atoms with Crippen LogP contribution in [0.2, 0.25) is 5.02 Å². The van der Waals surface area contributed by atoms with Gasteiger partial charge in [-0.3, -0.25) is 14.9 Å². The number of benzene rings is 1. The van der Waals surface area contributed by atoms with Crippen molar-refractivity contribution in [2.24, 2.45) is 0 Å². The Morgan fingerprint density at radius 2 is 2.23 bits per heavy atom. The molecule has 9 heteroatoms. The molecule has 114 valence electrons. The summed E-state index contributed by atoms with van der Waals surface area (Å²) in [6, 6.07) is 5.61. The minimum absolute atomic E-state index is 0.0719. The number of nitrogens with one attached hydrogen (secondary N) is 1. The van der Waals surface area contributed by atoms with Crippen LogP contribution in [0.5, 0.6) is 0 Å². The smallest absolute Gasteiger partial charge is 0.271 e. The quantitative estimate of drug-likeness (QED) is 0.389. The van der Waals surface area contributed by atoms with Crippen LogP contribution >= 0.6 is 23.4 Å². The molecule has 0 fully saturated rings. The van der Waals surface area contributed by atoms with Crippen molar-refractivity contribution in [1.82, 2.24) is 9.97 Å². The van der Waals surface area contributed by atoms with Gasteiger partial charge in [-0.1, -0.05) is 23.4 Å². The van der Waals surface area contributed by atoms with Gasteiger partial charge in [0.25, 0.3) is 5.69 Å². The molecule has 1 aromatic heterocycles. The first kappa shape index (κ1) is 16.2. The molecule has 0 aliphatic heterocycles. The molecule has 0 bridgehead atoms. The molecule has 0 aliphatic rings. The van der Waals surface area contributed by atoms with Gasteiger partial charge in [0.2, 0.25) is 5.91 Å². The molecule has 0 unspecified atom stereocenters. The highest BCUT2D eigenvalue weighted by atomic mass is 35.5. The van der Waals surface area contributed by atoms with E-state index in [1.165, 1.54) is 30.0 Å². The summed E-state index contributed by atoms with van der Waals surface area (Å²) < 4.78 is 0. The van der Waals surface area contributed by atoms with E-state index in [9.17, 15) is 14.9 Å². The molecule has 0 atom stereocenters. The van der Waals surface area contributed by atoms with Crippen LogP contribution in [-0.2, 0) is 4.79 Å². The minimum atomic E-state index is -0.554. The van der Waals surface area contributed by atoms with Crippen LogP contribution in [0, 0.1) is 17.0 Å². The normalized spacial score (nSPS) is 10.3. The largest absolute Gasteiger partial charge is 0.324 e. The average molecular weight is 339 g/mol. The molecule has 0 saturated carbocycles. The first-order chi connectivity index (χ1) is 10.5. The summed E-state index contributed by atoms with van der Waals surface area (Å²) in [5.74, 6) is -0.278. The number of aromatic nitrogens is 2. The predicted molar refractivity (Wildman–Crippen MR) is 84.2 cm³/mol. The van der Waals surface area contributed by atoms with E-state index in [0.29, 0.717) is 5.16 Å². The van der Waals surface area contributed by atoms with Crippen molar-refractivity contribution in [2.75, 3.05) is 11.1 Å². The molecule has 1 heterocycles. The van der Waals surface area contributed by atoms with Crippen LogP contribution in [0.4, 0.5) is 11.4 Å². The topological polar surface area (TPSA) is 98.0 Å². The maximum Gasteiger partial charge on any atom is 0.271 e. The number of aryl methyl sites for hydroxylation is 1. The van der Waals surface area contributed by atoms with Gasteiger partial charge in [0, 0.05) is 24.0 Å². The van der Waals surface area contributed by atoms with Crippen molar-refractivity contribution in [1.29, 1.82) is 0 Å². The van der Waals surface area contributed by atoms with E-state index < -0.39 is 4.92 Å². The van der Waals surface area contributed by atoms with Crippen molar-refractivity contribution in [3.63, 3.8) is 0 Å². The number of nitro benzene ring substituents is 1. The predicted octanol–water partition coefficient (Wildman–Crippen LogP) is 3.08. The van der Waals surface area contributed by atoms with Crippen LogP contribution in [0.3, 0.4) is 0 Å². The lowest BCUT2D eigenvalue weighted by Crippen LogP contribution is -2.14. The molecular weight excluding hydrogens is 328 g/mol. The molecule has 1 N–H and O–H groups in total. The number of carbonyl (C=O) groups is 1. The van der Waals surface area contributed by atoms with Gasteiger partial charge in [-0.25, -0.2) is 9.97 Å². The molecule has 0 saturated heterocycles. The Hall–Kier alpha value is -2.19. The highest BCUT2D eigenvalue weighted by molar-refractivity contribution is 7.99. The summed E-state index contributed by atoms with van der Waals surface area (Å²) in [7, 11) is 0. The van der Waals surface area contributed by atoms with Gasteiger partial charge in [-0.2, -0.15) is 0 Å². The summed E-state index contributed by atoms with van der Waals surface area (Å²) in [6.07, 6.45) is 1.61.